The van der Waals surface area contributed by atoms with Crippen LogP contribution in [0.25, 0.3) is 0 Å². The van der Waals surface area contributed by atoms with Gasteiger partial charge in [0.15, 0.2) is 0 Å². The smallest absolute Gasteiger partial charge is 0.308 e. The zero-order valence-corrected chi connectivity index (χ0v) is 20.7. The van der Waals surface area contributed by atoms with Crippen LogP contribution in [-0.4, -0.2) is 12.6 Å². The second-order valence-electron chi connectivity index (χ2n) is 9.27. The van der Waals surface area contributed by atoms with Crippen LogP contribution < -0.4 is 0 Å². The molecule has 1 aromatic rings. The fourth-order valence-electron chi connectivity index (χ4n) is 4.29. The molecule has 0 N–H and O–H groups in total. The molecule has 31 heavy (non-hydrogen) atoms. The van der Waals surface area contributed by atoms with Crippen LogP contribution >= 0.6 is 0 Å². The molecule has 1 rings (SSSR count). The van der Waals surface area contributed by atoms with Crippen LogP contribution in [0.15, 0.2) is 30.3 Å². The summed E-state index contributed by atoms with van der Waals surface area (Å²) < 4.78 is 5.71. The summed E-state index contributed by atoms with van der Waals surface area (Å²) in [5, 5.41) is 0. The number of hydrogen-bond donors (Lipinski definition) is 0. The standard InChI is InChI=1S/C29H50O2/c1-3-5-7-9-11-12-14-19-25-28(24-18-13-10-8-6-4-2)29(30)31-26-20-23-27-21-16-15-17-22-27/h15-17,21-22,28H,3-14,18-20,23-26H2,1-2H3. The van der Waals surface area contributed by atoms with Crippen molar-refractivity contribution in [1.82, 2.24) is 0 Å². The zero-order chi connectivity index (χ0) is 22.4. The van der Waals surface area contributed by atoms with Crippen molar-refractivity contribution in [2.75, 3.05) is 6.61 Å². The minimum atomic E-state index is 0.0598. The van der Waals surface area contributed by atoms with E-state index in [0.717, 1.165) is 25.7 Å². The van der Waals surface area contributed by atoms with Crippen molar-refractivity contribution in [1.29, 1.82) is 0 Å². The molecule has 0 amide bonds. The fraction of sp³-hybridized carbons (Fsp3) is 0.759. The van der Waals surface area contributed by atoms with Gasteiger partial charge >= 0.3 is 5.97 Å². The molecule has 0 fully saturated rings. The summed E-state index contributed by atoms with van der Waals surface area (Å²) in [5.41, 5.74) is 1.32. The predicted molar refractivity (Wildman–Crippen MR) is 134 cm³/mol. The van der Waals surface area contributed by atoms with Gasteiger partial charge in [-0.2, -0.15) is 0 Å². The van der Waals surface area contributed by atoms with Crippen molar-refractivity contribution in [2.45, 2.75) is 129 Å². The van der Waals surface area contributed by atoms with Crippen molar-refractivity contribution in [3.63, 3.8) is 0 Å². The Balaban J connectivity index is 2.26. The van der Waals surface area contributed by atoms with Gasteiger partial charge in [0, 0.05) is 0 Å². The van der Waals surface area contributed by atoms with E-state index >= 15 is 0 Å². The Morgan fingerprint density at radius 3 is 1.68 bits per heavy atom. The van der Waals surface area contributed by atoms with Gasteiger partial charge in [-0.05, 0) is 31.2 Å². The van der Waals surface area contributed by atoms with Crippen LogP contribution in [-0.2, 0) is 16.0 Å². The number of carbonyl (C=O) groups is 1. The third-order valence-electron chi connectivity index (χ3n) is 6.34. The molecule has 0 aliphatic heterocycles. The number of carbonyl (C=O) groups excluding carboxylic acids is 1. The summed E-state index contributed by atoms with van der Waals surface area (Å²) in [6.45, 7) is 5.08. The van der Waals surface area contributed by atoms with Crippen LogP contribution in [0.5, 0.6) is 0 Å². The van der Waals surface area contributed by atoms with Gasteiger partial charge < -0.3 is 4.74 Å². The third kappa shape index (κ3) is 16.0. The molecule has 0 spiro atoms. The molecular formula is C29H50O2. The van der Waals surface area contributed by atoms with Gasteiger partial charge in [-0.3, -0.25) is 4.79 Å². The number of benzene rings is 1. The Kier molecular flexibility index (Phi) is 18.4. The Morgan fingerprint density at radius 2 is 1.16 bits per heavy atom. The number of unbranched alkanes of at least 4 members (excludes halogenated alkanes) is 12. The molecule has 1 unspecified atom stereocenters. The lowest BCUT2D eigenvalue weighted by molar-refractivity contribution is -0.149. The highest BCUT2D eigenvalue weighted by Crippen LogP contribution is 2.21. The van der Waals surface area contributed by atoms with E-state index in [1.54, 1.807) is 0 Å². The van der Waals surface area contributed by atoms with Crippen LogP contribution in [0, 0.1) is 5.92 Å². The van der Waals surface area contributed by atoms with E-state index in [1.165, 1.54) is 95.5 Å². The summed E-state index contributed by atoms with van der Waals surface area (Å²) in [6.07, 6.45) is 22.2. The van der Waals surface area contributed by atoms with Crippen molar-refractivity contribution in [2.24, 2.45) is 5.92 Å². The lowest BCUT2D eigenvalue weighted by Crippen LogP contribution is -2.19. The number of rotatable bonds is 21. The lowest BCUT2D eigenvalue weighted by Gasteiger charge is -2.16. The highest BCUT2D eigenvalue weighted by atomic mass is 16.5. The summed E-state index contributed by atoms with van der Waals surface area (Å²) in [4.78, 5) is 12.7. The molecule has 178 valence electrons. The SMILES string of the molecule is CCCCCCCCCCC(CCCCCCCC)C(=O)OCCCc1ccccc1. The molecule has 0 aliphatic carbocycles. The van der Waals surface area contributed by atoms with E-state index in [1.807, 2.05) is 6.07 Å². The number of ether oxygens (including phenoxy) is 1. The van der Waals surface area contributed by atoms with Crippen molar-refractivity contribution in [3.8, 4) is 0 Å². The van der Waals surface area contributed by atoms with Gasteiger partial charge in [0.25, 0.3) is 0 Å². The Labute approximate surface area is 193 Å². The molecule has 2 heteroatoms. The van der Waals surface area contributed by atoms with Crippen LogP contribution in [0.2, 0.25) is 0 Å². The quantitative estimate of drug-likeness (QED) is 0.144. The van der Waals surface area contributed by atoms with Gasteiger partial charge in [0.1, 0.15) is 0 Å². The fourth-order valence-corrected chi connectivity index (χ4v) is 4.29. The first kappa shape index (κ1) is 27.7. The van der Waals surface area contributed by atoms with Gasteiger partial charge in [-0.15, -0.1) is 0 Å². The average Bonchev–Trinajstić information content (AvgIpc) is 2.79. The monoisotopic (exact) mass is 430 g/mol. The van der Waals surface area contributed by atoms with Crippen LogP contribution in [0.4, 0.5) is 0 Å². The maximum Gasteiger partial charge on any atom is 0.308 e. The van der Waals surface area contributed by atoms with Crippen LogP contribution in [0.1, 0.15) is 129 Å². The highest BCUT2D eigenvalue weighted by Gasteiger charge is 2.19. The molecule has 0 heterocycles. The van der Waals surface area contributed by atoms with Crippen molar-refractivity contribution < 1.29 is 9.53 Å². The molecule has 0 radical (unpaired) electrons. The third-order valence-corrected chi connectivity index (χ3v) is 6.34. The molecular weight excluding hydrogens is 380 g/mol. The predicted octanol–water partition coefficient (Wildman–Crippen LogP) is 9.06. The second-order valence-corrected chi connectivity index (χ2v) is 9.27. The first-order chi connectivity index (χ1) is 15.3. The average molecular weight is 431 g/mol. The molecule has 0 bridgehead atoms. The minimum absolute atomic E-state index is 0.0598. The maximum atomic E-state index is 12.7. The van der Waals surface area contributed by atoms with Gasteiger partial charge in [-0.1, -0.05) is 134 Å². The van der Waals surface area contributed by atoms with E-state index in [0.29, 0.717) is 6.61 Å². The Hall–Kier alpha value is -1.31. The van der Waals surface area contributed by atoms with Crippen molar-refractivity contribution >= 4 is 5.97 Å². The molecule has 1 atom stereocenters. The second kappa shape index (κ2) is 20.6. The van der Waals surface area contributed by atoms with E-state index in [9.17, 15) is 4.79 Å². The van der Waals surface area contributed by atoms with Crippen LogP contribution in [0.3, 0.4) is 0 Å². The maximum absolute atomic E-state index is 12.7. The van der Waals surface area contributed by atoms with Gasteiger partial charge in [0.05, 0.1) is 12.5 Å². The largest absolute Gasteiger partial charge is 0.465 e. The summed E-state index contributed by atoms with van der Waals surface area (Å²) >= 11 is 0. The summed E-state index contributed by atoms with van der Waals surface area (Å²) in [6, 6.07) is 10.5. The van der Waals surface area contributed by atoms with E-state index in [2.05, 4.69) is 38.1 Å². The first-order valence-electron chi connectivity index (χ1n) is 13.5. The van der Waals surface area contributed by atoms with Gasteiger partial charge in [-0.25, -0.2) is 0 Å². The first-order valence-corrected chi connectivity index (χ1v) is 13.5. The number of esters is 1. The Bertz CT molecular complexity index is 511. The summed E-state index contributed by atoms with van der Waals surface area (Å²) in [5.74, 6) is 0.174. The minimum Gasteiger partial charge on any atom is -0.465 e. The van der Waals surface area contributed by atoms with E-state index in [-0.39, 0.29) is 11.9 Å². The van der Waals surface area contributed by atoms with E-state index < -0.39 is 0 Å². The van der Waals surface area contributed by atoms with Gasteiger partial charge in [0.2, 0.25) is 0 Å². The molecule has 1 aromatic carbocycles. The van der Waals surface area contributed by atoms with E-state index in [4.69, 9.17) is 4.74 Å². The molecule has 0 aliphatic rings. The molecule has 0 saturated heterocycles. The normalized spacial score (nSPS) is 12.1. The Morgan fingerprint density at radius 1 is 0.677 bits per heavy atom. The highest BCUT2D eigenvalue weighted by molar-refractivity contribution is 5.72. The number of hydrogen-bond acceptors (Lipinski definition) is 2. The number of aryl methyl sites for hydroxylation is 1. The molecule has 2 nitrogen and oxygen atoms in total. The lowest BCUT2D eigenvalue weighted by atomic mass is 9.94. The topological polar surface area (TPSA) is 26.3 Å². The molecule has 0 aromatic heterocycles. The molecule has 0 saturated carbocycles. The summed E-state index contributed by atoms with van der Waals surface area (Å²) in [7, 11) is 0. The zero-order valence-electron chi connectivity index (χ0n) is 20.7. The van der Waals surface area contributed by atoms with Crippen molar-refractivity contribution in [3.05, 3.63) is 35.9 Å².